The van der Waals surface area contributed by atoms with Gasteiger partial charge in [-0.2, -0.15) is 0 Å². The van der Waals surface area contributed by atoms with Crippen LogP contribution in [-0.2, 0) is 14.4 Å². The van der Waals surface area contributed by atoms with Gasteiger partial charge in [-0.25, -0.2) is 0 Å². The van der Waals surface area contributed by atoms with Crippen LogP contribution in [0.4, 0.5) is 0 Å². The summed E-state index contributed by atoms with van der Waals surface area (Å²) in [6.45, 7) is 3.75. The molecular weight excluding hydrogens is 356 g/mol. The molecule has 1 saturated heterocycles. The molecule has 1 aliphatic rings. The van der Waals surface area contributed by atoms with Crippen LogP contribution in [0.2, 0.25) is 5.02 Å². The molecule has 0 saturated carbocycles. The molecule has 0 aromatic heterocycles. The van der Waals surface area contributed by atoms with E-state index in [-0.39, 0.29) is 30.3 Å². The third kappa shape index (κ3) is 4.97. The fourth-order valence-electron chi connectivity index (χ4n) is 3.53. The molecule has 0 unspecified atom stereocenters. The van der Waals surface area contributed by atoms with Crippen LogP contribution in [0.5, 0.6) is 0 Å². The number of carbonyl (C=O) groups excluding carboxylic acids is 2. The second kappa shape index (κ2) is 9.03. The molecule has 0 aliphatic carbocycles. The Bertz CT molecular complexity index is 662. The first-order valence-corrected chi connectivity index (χ1v) is 9.25. The number of aliphatic carboxylic acids is 1. The Morgan fingerprint density at radius 2 is 1.96 bits per heavy atom. The van der Waals surface area contributed by atoms with Crippen molar-refractivity contribution in [2.24, 2.45) is 5.92 Å². The summed E-state index contributed by atoms with van der Waals surface area (Å²) in [7, 11) is 0. The Hall–Kier alpha value is -2.08. The van der Waals surface area contributed by atoms with Crippen molar-refractivity contribution in [3.63, 3.8) is 0 Å². The number of halogens is 1. The third-order valence-corrected chi connectivity index (χ3v) is 5.11. The molecule has 2 N–H and O–H groups in total. The lowest BCUT2D eigenvalue weighted by molar-refractivity contribution is -0.151. The normalized spacial score (nSPS) is 21.3. The summed E-state index contributed by atoms with van der Waals surface area (Å²) in [5, 5.41) is 12.5. The molecule has 0 bridgehead atoms. The molecule has 1 aliphatic heterocycles. The van der Waals surface area contributed by atoms with Gasteiger partial charge in [-0.15, -0.1) is 0 Å². The van der Waals surface area contributed by atoms with Gasteiger partial charge in [0.15, 0.2) is 0 Å². The van der Waals surface area contributed by atoms with Gasteiger partial charge >= 0.3 is 5.97 Å². The zero-order valence-electron chi connectivity index (χ0n) is 15.1. The highest BCUT2D eigenvalue weighted by Crippen LogP contribution is 2.37. The average molecular weight is 381 g/mol. The smallest absolute Gasteiger partial charge is 0.304 e. The Kier molecular flexibility index (Phi) is 7.03. The van der Waals surface area contributed by atoms with E-state index in [0.29, 0.717) is 30.8 Å². The van der Waals surface area contributed by atoms with Crippen LogP contribution in [0.1, 0.15) is 51.1 Å². The topological polar surface area (TPSA) is 86.7 Å². The Balaban J connectivity index is 2.32. The second-order valence-corrected chi connectivity index (χ2v) is 7.12. The number of carboxylic acids is 1. The first kappa shape index (κ1) is 20.2. The van der Waals surface area contributed by atoms with Gasteiger partial charge in [0.25, 0.3) is 0 Å². The van der Waals surface area contributed by atoms with Crippen molar-refractivity contribution in [2.75, 3.05) is 6.54 Å². The molecule has 142 valence electrons. The molecule has 7 heteroatoms. The summed E-state index contributed by atoms with van der Waals surface area (Å²) < 4.78 is 0. The van der Waals surface area contributed by atoms with E-state index < -0.39 is 11.9 Å². The minimum absolute atomic E-state index is 0.150. The summed E-state index contributed by atoms with van der Waals surface area (Å²) in [4.78, 5) is 37.3. The van der Waals surface area contributed by atoms with Gasteiger partial charge in [0, 0.05) is 30.5 Å². The van der Waals surface area contributed by atoms with Crippen molar-refractivity contribution in [3.8, 4) is 0 Å². The van der Waals surface area contributed by atoms with Crippen molar-refractivity contribution in [1.29, 1.82) is 0 Å². The van der Waals surface area contributed by atoms with E-state index in [1.807, 2.05) is 19.1 Å². The fraction of sp³-hybridized carbons (Fsp3) is 0.526. The van der Waals surface area contributed by atoms with Crippen molar-refractivity contribution in [2.45, 2.75) is 51.6 Å². The number of rotatable bonds is 7. The Morgan fingerprint density at radius 1 is 1.31 bits per heavy atom. The molecule has 0 radical (unpaired) electrons. The summed E-state index contributed by atoms with van der Waals surface area (Å²) in [6, 6.07) is 7.04. The third-order valence-electron chi connectivity index (χ3n) is 4.86. The van der Waals surface area contributed by atoms with E-state index in [1.165, 1.54) is 6.92 Å². The van der Waals surface area contributed by atoms with E-state index in [9.17, 15) is 14.4 Å². The molecule has 0 spiro atoms. The first-order valence-electron chi connectivity index (χ1n) is 8.87. The number of likely N-dealkylation sites (tertiary alicyclic amines) is 1. The zero-order valence-corrected chi connectivity index (χ0v) is 15.8. The van der Waals surface area contributed by atoms with Gasteiger partial charge in [0.05, 0.1) is 12.5 Å². The van der Waals surface area contributed by atoms with E-state index in [4.69, 9.17) is 16.7 Å². The van der Waals surface area contributed by atoms with Gasteiger partial charge in [-0.05, 0) is 37.0 Å². The van der Waals surface area contributed by atoms with Crippen molar-refractivity contribution < 1.29 is 19.5 Å². The zero-order chi connectivity index (χ0) is 19.3. The number of hydrogen-bond donors (Lipinski definition) is 2. The largest absolute Gasteiger partial charge is 0.481 e. The summed E-state index contributed by atoms with van der Waals surface area (Å²) in [5.74, 6) is -1.81. The van der Waals surface area contributed by atoms with Gasteiger partial charge in [0.2, 0.25) is 11.8 Å². The maximum Gasteiger partial charge on any atom is 0.304 e. The SMILES string of the molecule is CC[C@@H](CNC(C)=O)N1C(=O)[C@@H](CC(=O)O)CC[C@H]1c1ccc(Cl)cc1. The minimum atomic E-state index is -0.969. The van der Waals surface area contributed by atoms with Gasteiger partial charge in [-0.1, -0.05) is 30.7 Å². The van der Waals surface area contributed by atoms with Gasteiger partial charge in [-0.3, -0.25) is 14.4 Å². The van der Waals surface area contributed by atoms with Gasteiger partial charge < -0.3 is 15.3 Å². The lowest BCUT2D eigenvalue weighted by Crippen LogP contribution is -2.52. The number of piperidine rings is 1. The molecule has 2 amide bonds. The van der Waals surface area contributed by atoms with Crippen LogP contribution in [0, 0.1) is 5.92 Å². The van der Waals surface area contributed by atoms with E-state index in [2.05, 4.69) is 5.32 Å². The van der Waals surface area contributed by atoms with Crippen LogP contribution in [0.15, 0.2) is 24.3 Å². The molecule has 1 aromatic rings. The molecule has 6 nitrogen and oxygen atoms in total. The van der Waals surface area contributed by atoms with Crippen molar-refractivity contribution >= 4 is 29.4 Å². The lowest BCUT2D eigenvalue weighted by Gasteiger charge is -2.44. The number of carboxylic acid groups (broad SMARTS) is 1. The summed E-state index contributed by atoms with van der Waals surface area (Å²) >= 11 is 5.98. The fourth-order valence-corrected chi connectivity index (χ4v) is 3.66. The van der Waals surface area contributed by atoms with E-state index in [0.717, 1.165) is 5.56 Å². The number of carbonyl (C=O) groups is 3. The van der Waals surface area contributed by atoms with E-state index >= 15 is 0 Å². The van der Waals surface area contributed by atoms with Gasteiger partial charge in [0.1, 0.15) is 0 Å². The highest BCUT2D eigenvalue weighted by molar-refractivity contribution is 6.30. The average Bonchev–Trinajstić information content (AvgIpc) is 2.58. The van der Waals surface area contributed by atoms with Crippen molar-refractivity contribution in [1.82, 2.24) is 10.2 Å². The second-order valence-electron chi connectivity index (χ2n) is 6.68. The highest BCUT2D eigenvalue weighted by Gasteiger charge is 2.40. The molecular formula is C19H25ClN2O4. The van der Waals surface area contributed by atoms with Crippen LogP contribution >= 0.6 is 11.6 Å². The molecule has 1 aromatic carbocycles. The van der Waals surface area contributed by atoms with E-state index in [1.54, 1.807) is 17.0 Å². The maximum absolute atomic E-state index is 13.1. The molecule has 1 heterocycles. The lowest BCUT2D eigenvalue weighted by atomic mass is 9.85. The van der Waals surface area contributed by atoms with Crippen molar-refractivity contribution in [3.05, 3.63) is 34.9 Å². The Morgan fingerprint density at radius 3 is 2.50 bits per heavy atom. The molecule has 2 rings (SSSR count). The number of amides is 2. The Labute approximate surface area is 158 Å². The standard InChI is InChI=1S/C19H25ClN2O4/c1-3-16(11-21-12(2)23)22-17(13-4-7-15(20)8-5-13)9-6-14(19(22)26)10-18(24)25/h4-5,7-8,14,16-17H,3,6,9-11H2,1-2H3,(H,21,23)(H,24,25)/t14-,16+,17+/m1/s1. The minimum Gasteiger partial charge on any atom is -0.481 e. The summed E-state index contributed by atoms with van der Waals surface area (Å²) in [5.41, 5.74) is 0.970. The number of hydrogen-bond acceptors (Lipinski definition) is 3. The predicted octanol–water partition coefficient (Wildman–Crippen LogP) is 3.01. The monoisotopic (exact) mass is 380 g/mol. The maximum atomic E-state index is 13.1. The first-order chi connectivity index (χ1) is 12.3. The molecule has 26 heavy (non-hydrogen) atoms. The summed E-state index contributed by atoms with van der Waals surface area (Å²) in [6.07, 6.45) is 1.71. The predicted molar refractivity (Wildman–Crippen MR) is 98.8 cm³/mol. The highest BCUT2D eigenvalue weighted by atomic mass is 35.5. The van der Waals surface area contributed by atoms with Crippen LogP contribution in [0.25, 0.3) is 0 Å². The molecule has 3 atom stereocenters. The van der Waals surface area contributed by atoms with Crippen LogP contribution in [0.3, 0.4) is 0 Å². The number of nitrogens with zero attached hydrogens (tertiary/aromatic N) is 1. The van der Waals surface area contributed by atoms with Crippen LogP contribution < -0.4 is 5.32 Å². The number of nitrogens with one attached hydrogen (secondary N) is 1. The molecule has 1 fully saturated rings. The quantitative estimate of drug-likeness (QED) is 0.761. The van der Waals surface area contributed by atoms with Crippen LogP contribution in [-0.4, -0.2) is 40.4 Å². The number of benzene rings is 1.